The van der Waals surface area contributed by atoms with Gasteiger partial charge in [-0.25, -0.2) is 14.8 Å². The van der Waals surface area contributed by atoms with E-state index in [2.05, 4.69) is 38.5 Å². The second-order valence-electron chi connectivity index (χ2n) is 6.59. The van der Waals surface area contributed by atoms with E-state index in [-0.39, 0.29) is 12.1 Å². The van der Waals surface area contributed by atoms with E-state index in [0.717, 1.165) is 50.4 Å². The van der Waals surface area contributed by atoms with Crippen molar-refractivity contribution < 1.29 is 4.79 Å². The molecule has 2 atom stereocenters. The number of anilines is 1. The van der Waals surface area contributed by atoms with Crippen molar-refractivity contribution in [1.29, 1.82) is 0 Å². The fourth-order valence-electron chi connectivity index (χ4n) is 3.27. The minimum Gasteiger partial charge on any atom is -0.354 e. The molecule has 3 heterocycles. The fourth-order valence-corrected chi connectivity index (χ4v) is 4.56. The summed E-state index contributed by atoms with van der Waals surface area (Å²) in [5.41, 5.74) is 1.06. The first-order valence-corrected chi connectivity index (χ1v) is 10.1. The monoisotopic (exact) mass is 349 g/mol. The number of carbonyl (C=O) groups excluding carboxylic acids is 1. The Balaban J connectivity index is 1.48. The lowest BCUT2D eigenvalue weighted by Gasteiger charge is -2.34. The topological polar surface area (TPSA) is 70.2 Å². The summed E-state index contributed by atoms with van der Waals surface area (Å²) in [6, 6.07) is 2.20. The molecule has 132 valence electrons. The molecule has 0 spiro atoms. The van der Waals surface area contributed by atoms with Gasteiger partial charge < -0.3 is 15.5 Å². The van der Waals surface area contributed by atoms with Gasteiger partial charge >= 0.3 is 6.03 Å². The molecular weight excluding hydrogens is 322 g/mol. The summed E-state index contributed by atoms with van der Waals surface area (Å²) in [7, 11) is 0. The van der Waals surface area contributed by atoms with Crippen LogP contribution in [0.5, 0.6) is 0 Å². The number of amides is 2. The van der Waals surface area contributed by atoms with Crippen molar-refractivity contribution in [2.75, 3.05) is 36.0 Å². The van der Waals surface area contributed by atoms with E-state index < -0.39 is 0 Å². The van der Waals surface area contributed by atoms with Gasteiger partial charge in [0.15, 0.2) is 0 Å². The van der Waals surface area contributed by atoms with Gasteiger partial charge in [0.25, 0.3) is 0 Å². The highest BCUT2D eigenvalue weighted by Gasteiger charge is 2.23. The number of aromatic nitrogens is 2. The second kappa shape index (κ2) is 8.55. The van der Waals surface area contributed by atoms with Crippen LogP contribution in [0.3, 0.4) is 0 Å². The maximum atomic E-state index is 12.1. The Bertz CT molecular complexity index is 550. The number of urea groups is 1. The van der Waals surface area contributed by atoms with Gasteiger partial charge in [-0.15, -0.1) is 0 Å². The largest absolute Gasteiger partial charge is 0.354 e. The maximum Gasteiger partial charge on any atom is 0.315 e. The van der Waals surface area contributed by atoms with Crippen molar-refractivity contribution in [3.8, 4) is 0 Å². The summed E-state index contributed by atoms with van der Waals surface area (Å²) in [6.07, 6.45) is 5.85. The SMILES string of the molecule is CCc1cc(N2CCC[C@H](NC(=O)NC[C@@H]3CCSC3)C2)ncn1. The first kappa shape index (κ1) is 17.3. The van der Waals surface area contributed by atoms with Crippen molar-refractivity contribution in [2.45, 2.75) is 38.6 Å². The molecule has 0 unspecified atom stereocenters. The molecule has 0 aliphatic carbocycles. The molecule has 2 aliphatic heterocycles. The molecule has 2 saturated heterocycles. The summed E-state index contributed by atoms with van der Waals surface area (Å²) in [5, 5.41) is 6.17. The van der Waals surface area contributed by atoms with Crippen molar-refractivity contribution in [1.82, 2.24) is 20.6 Å². The number of rotatable bonds is 5. The Morgan fingerprint density at radius 1 is 1.42 bits per heavy atom. The van der Waals surface area contributed by atoms with E-state index in [4.69, 9.17) is 0 Å². The zero-order valence-corrected chi connectivity index (χ0v) is 15.1. The predicted octanol–water partition coefficient (Wildman–Crippen LogP) is 2.06. The van der Waals surface area contributed by atoms with Crippen LogP contribution < -0.4 is 15.5 Å². The number of hydrogen-bond donors (Lipinski definition) is 2. The van der Waals surface area contributed by atoms with Crippen LogP contribution in [0.15, 0.2) is 12.4 Å². The molecule has 0 radical (unpaired) electrons. The summed E-state index contributed by atoms with van der Waals surface area (Å²) >= 11 is 1.98. The molecule has 3 rings (SSSR count). The average molecular weight is 350 g/mol. The van der Waals surface area contributed by atoms with E-state index in [1.165, 1.54) is 17.9 Å². The highest BCUT2D eigenvalue weighted by Crippen LogP contribution is 2.22. The third-order valence-electron chi connectivity index (χ3n) is 4.73. The molecular formula is C17H27N5OS. The maximum absolute atomic E-state index is 12.1. The van der Waals surface area contributed by atoms with Crippen LogP contribution in [0, 0.1) is 5.92 Å². The normalized spacial score (nSPS) is 24.0. The van der Waals surface area contributed by atoms with Crippen molar-refractivity contribution in [2.24, 2.45) is 5.92 Å². The van der Waals surface area contributed by atoms with Crippen LogP contribution in [-0.4, -0.2) is 53.2 Å². The summed E-state index contributed by atoms with van der Waals surface area (Å²) in [5.74, 6) is 4.00. The van der Waals surface area contributed by atoms with Crippen LogP contribution in [0.25, 0.3) is 0 Å². The molecule has 2 fully saturated rings. The van der Waals surface area contributed by atoms with Crippen molar-refractivity contribution in [3.05, 3.63) is 18.1 Å². The lowest BCUT2D eigenvalue weighted by Crippen LogP contribution is -2.51. The van der Waals surface area contributed by atoms with E-state index in [1.54, 1.807) is 6.33 Å². The first-order chi connectivity index (χ1) is 11.7. The molecule has 0 saturated carbocycles. The number of thioether (sulfide) groups is 1. The van der Waals surface area contributed by atoms with Crippen LogP contribution in [0.1, 0.15) is 31.9 Å². The molecule has 1 aromatic rings. The minimum absolute atomic E-state index is 0.0318. The number of carbonyl (C=O) groups is 1. The van der Waals surface area contributed by atoms with Crippen molar-refractivity contribution >= 4 is 23.6 Å². The minimum atomic E-state index is -0.0318. The number of nitrogens with one attached hydrogen (secondary N) is 2. The van der Waals surface area contributed by atoms with Crippen LogP contribution >= 0.6 is 11.8 Å². The van der Waals surface area contributed by atoms with Gasteiger partial charge in [-0.3, -0.25) is 0 Å². The van der Waals surface area contributed by atoms with Crippen molar-refractivity contribution in [3.63, 3.8) is 0 Å². The fraction of sp³-hybridized carbons (Fsp3) is 0.706. The van der Waals surface area contributed by atoms with Gasteiger partial charge in [0, 0.05) is 37.4 Å². The predicted molar refractivity (Wildman–Crippen MR) is 98.6 cm³/mol. The Morgan fingerprint density at radius 3 is 3.12 bits per heavy atom. The lowest BCUT2D eigenvalue weighted by molar-refractivity contribution is 0.233. The van der Waals surface area contributed by atoms with Gasteiger partial charge in [0.2, 0.25) is 0 Å². The molecule has 2 N–H and O–H groups in total. The number of hydrogen-bond acceptors (Lipinski definition) is 5. The molecule has 0 bridgehead atoms. The van der Waals surface area contributed by atoms with E-state index in [0.29, 0.717) is 5.92 Å². The standard InChI is InChI=1S/C17H27N5OS/c1-2-14-8-16(20-12-19-14)22-6-3-4-15(10-22)21-17(23)18-9-13-5-7-24-11-13/h8,12-13,15H,2-7,9-11H2,1H3,(H2,18,21,23)/t13-,15-/m0/s1. The zero-order valence-electron chi connectivity index (χ0n) is 14.3. The van der Waals surface area contributed by atoms with Crippen LogP contribution in [-0.2, 0) is 6.42 Å². The molecule has 2 amide bonds. The quantitative estimate of drug-likeness (QED) is 0.851. The summed E-state index contributed by atoms with van der Waals surface area (Å²) in [6.45, 7) is 4.69. The van der Waals surface area contributed by atoms with Gasteiger partial charge in [-0.05, 0) is 43.1 Å². The number of piperidine rings is 1. The Morgan fingerprint density at radius 2 is 2.33 bits per heavy atom. The van der Waals surface area contributed by atoms with Gasteiger partial charge in [-0.1, -0.05) is 6.92 Å². The van der Waals surface area contributed by atoms with Crippen LogP contribution in [0.2, 0.25) is 0 Å². The summed E-state index contributed by atoms with van der Waals surface area (Å²) < 4.78 is 0. The highest BCUT2D eigenvalue weighted by molar-refractivity contribution is 7.99. The summed E-state index contributed by atoms with van der Waals surface area (Å²) in [4.78, 5) is 23.1. The van der Waals surface area contributed by atoms with E-state index in [9.17, 15) is 4.79 Å². The Hall–Kier alpha value is -1.50. The zero-order chi connectivity index (χ0) is 16.8. The third kappa shape index (κ3) is 4.75. The smallest absolute Gasteiger partial charge is 0.315 e. The molecule has 0 aromatic carbocycles. The molecule has 1 aromatic heterocycles. The molecule has 7 heteroatoms. The third-order valence-corrected chi connectivity index (χ3v) is 5.96. The second-order valence-corrected chi connectivity index (χ2v) is 7.74. The molecule has 2 aliphatic rings. The van der Waals surface area contributed by atoms with Crippen LogP contribution in [0.4, 0.5) is 10.6 Å². The molecule has 6 nitrogen and oxygen atoms in total. The van der Waals surface area contributed by atoms with Gasteiger partial charge in [0.1, 0.15) is 12.1 Å². The Kier molecular flexibility index (Phi) is 6.18. The lowest BCUT2D eigenvalue weighted by atomic mass is 10.1. The van der Waals surface area contributed by atoms with E-state index in [1.807, 2.05) is 11.8 Å². The average Bonchev–Trinajstić information content (AvgIpc) is 3.14. The first-order valence-electron chi connectivity index (χ1n) is 8.92. The van der Waals surface area contributed by atoms with E-state index >= 15 is 0 Å². The molecule has 24 heavy (non-hydrogen) atoms. The number of aryl methyl sites for hydroxylation is 1. The number of nitrogens with zero attached hydrogens (tertiary/aromatic N) is 3. The highest BCUT2D eigenvalue weighted by atomic mass is 32.2. The van der Waals surface area contributed by atoms with Gasteiger partial charge in [-0.2, -0.15) is 11.8 Å². The van der Waals surface area contributed by atoms with Gasteiger partial charge in [0.05, 0.1) is 0 Å². The Labute approximate surface area is 148 Å².